The van der Waals surface area contributed by atoms with Gasteiger partial charge in [0.05, 0.1) is 5.02 Å². The smallest absolute Gasteiger partial charge is 0.246 e. The Kier molecular flexibility index (Phi) is 5.83. The minimum atomic E-state index is -0.234. The van der Waals surface area contributed by atoms with E-state index in [4.69, 9.17) is 16.2 Å². The average molecular weight is 429 g/mol. The Morgan fingerprint density at radius 1 is 1.20 bits per heavy atom. The predicted octanol–water partition coefficient (Wildman–Crippen LogP) is 4.15. The third-order valence-electron chi connectivity index (χ3n) is 5.45. The van der Waals surface area contributed by atoms with Crippen LogP contribution < -0.4 is 0 Å². The van der Waals surface area contributed by atoms with Crippen molar-refractivity contribution in [3.05, 3.63) is 64.4 Å². The molecular weight excluding hydrogens is 407 g/mol. The van der Waals surface area contributed by atoms with Gasteiger partial charge in [-0.2, -0.15) is 0 Å². The molecule has 0 N–H and O–H groups in total. The minimum absolute atomic E-state index is 0.0507. The van der Waals surface area contributed by atoms with Gasteiger partial charge in [0.1, 0.15) is 11.3 Å². The van der Waals surface area contributed by atoms with Gasteiger partial charge in [-0.15, -0.1) is 0 Å². The van der Waals surface area contributed by atoms with Gasteiger partial charge in [-0.25, -0.2) is 9.02 Å². The summed E-state index contributed by atoms with van der Waals surface area (Å²) in [6.45, 7) is 6.25. The number of carbonyl (C=O) groups excluding carboxylic acids is 1. The van der Waals surface area contributed by atoms with Gasteiger partial charge in [-0.05, 0) is 65.6 Å². The molecule has 0 bridgehead atoms. The first-order valence-corrected chi connectivity index (χ1v) is 10.2. The van der Waals surface area contributed by atoms with Gasteiger partial charge in [0, 0.05) is 37.8 Å². The second kappa shape index (κ2) is 8.53. The summed E-state index contributed by atoms with van der Waals surface area (Å²) in [5.74, 6) is -0.284. The van der Waals surface area contributed by atoms with Gasteiger partial charge >= 0.3 is 0 Å². The molecule has 1 fully saturated rings. The van der Waals surface area contributed by atoms with Crippen molar-refractivity contribution in [1.82, 2.24) is 20.1 Å². The summed E-state index contributed by atoms with van der Waals surface area (Å²) in [4.78, 5) is 17.0. The Morgan fingerprint density at radius 2 is 1.97 bits per heavy atom. The van der Waals surface area contributed by atoms with Crippen molar-refractivity contribution in [2.45, 2.75) is 32.5 Å². The van der Waals surface area contributed by atoms with Gasteiger partial charge in [0.2, 0.25) is 5.91 Å². The maximum Gasteiger partial charge on any atom is 0.246 e. The Balaban J connectivity index is 1.42. The van der Waals surface area contributed by atoms with Crippen LogP contribution in [0, 0.1) is 5.82 Å². The molecule has 2 heterocycles. The third kappa shape index (κ3) is 4.37. The summed E-state index contributed by atoms with van der Waals surface area (Å²) in [5.41, 5.74) is 2.86. The highest BCUT2D eigenvalue weighted by atomic mass is 35.5. The van der Waals surface area contributed by atoms with Crippen molar-refractivity contribution < 1.29 is 13.8 Å². The van der Waals surface area contributed by atoms with Crippen LogP contribution in [-0.4, -0.2) is 51.2 Å². The molecule has 1 aliphatic rings. The quantitative estimate of drug-likeness (QED) is 0.584. The molecule has 1 amide bonds. The second-order valence-electron chi connectivity index (χ2n) is 7.71. The standard InChI is InChI=1S/C22H22ClFN4O2/c1-14-12-28(15(2)11-27(14)13-16-3-6-18(24)7-4-16)21(29)8-5-17-9-19(23)22-20(10-17)25-30-26-22/h3-10,14-15H,11-13H2,1-2H3/t14-,15+/m1/s1. The highest BCUT2D eigenvalue weighted by Gasteiger charge is 2.31. The molecule has 2 atom stereocenters. The Morgan fingerprint density at radius 3 is 2.73 bits per heavy atom. The van der Waals surface area contributed by atoms with Crippen LogP contribution in [0.15, 0.2) is 47.1 Å². The van der Waals surface area contributed by atoms with Gasteiger partial charge in [0.15, 0.2) is 5.52 Å². The lowest BCUT2D eigenvalue weighted by Crippen LogP contribution is -2.57. The first-order chi connectivity index (χ1) is 14.4. The number of amides is 1. The first kappa shape index (κ1) is 20.5. The number of hydrogen-bond acceptors (Lipinski definition) is 5. The van der Waals surface area contributed by atoms with E-state index in [1.54, 1.807) is 36.4 Å². The van der Waals surface area contributed by atoms with Crippen LogP contribution in [0.2, 0.25) is 5.02 Å². The summed E-state index contributed by atoms with van der Waals surface area (Å²) in [5, 5.41) is 7.98. The molecule has 3 aromatic rings. The summed E-state index contributed by atoms with van der Waals surface area (Å²) in [6.07, 6.45) is 3.29. The number of benzene rings is 2. The summed E-state index contributed by atoms with van der Waals surface area (Å²) >= 11 is 6.18. The zero-order valence-electron chi connectivity index (χ0n) is 16.8. The summed E-state index contributed by atoms with van der Waals surface area (Å²) in [7, 11) is 0. The van der Waals surface area contributed by atoms with Crippen molar-refractivity contribution >= 4 is 34.6 Å². The number of aromatic nitrogens is 2. The van der Waals surface area contributed by atoms with Crippen LogP contribution in [-0.2, 0) is 11.3 Å². The van der Waals surface area contributed by atoms with E-state index in [0.29, 0.717) is 22.6 Å². The van der Waals surface area contributed by atoms with E-state index in [1.807, 2.05) is 11.8 Å². The molecule has 0 radical (unpaired) electrons. The molecule has 4 rings (SSSR count). The third-order valence-corrected chi connectivity index (χ3v) is 5.74. The van der Waals surface area contributed by atoms with Crippen molar-refractivity contribution in [2.24, 2.45) is 0 Å². The maximum absolute atomic E-state index is 13.1. The van der Waals surface area contributed by atoms with E-state index in [1.165, 1.54) is 12.1 Å². The number of hydrogen-bond donors (Lipinski definition) is 0. The van der Waals surface area contributed by atoms with Gasteiger partial charge < -0.3 is 4.90 Å². The van der Waals surface area contributed by atoms with Gasteiger partial charge in [-0.3, -0.25) is 9.69 Å². The van der Waals surface area contributed by atoms with Crippen LogP contribution in [0.25, 0.3) is 17.1 Å². The lowest BCUT2D eigenvalue weighted by molar-refractivity contribution is -0.131. The first-order valence-electron chi connectivity index (χ1n) is 9.79. The molecule has 0 unspecified atom stereocenters. The minimum Gasteiger partial charge on any atom is -0.334 e. The number of rotatable bonds is 4. The fraction of sp³-hybridized carbons (Fsp3) is 0.318. The largest absolute Gasteiger partial charge is 0.334 e. The number of halogens is 2. The molecule has 0 aliphatic carbocycles. The number of fused-ring (bicyclic) bond motifs is 1. The molecule has 30 heavy (non-hydrogen) atoms. The molecule has 156 valence electrons. The SMILES string of the molecule is C[C@@H]1CN(C(=O)C=Cc2cc(Cl)c3nonc3c2)[C@@H](C)CN1Cc1ccc(F)cc1. The maximum atomic E-state index is 13.1. The van der Waals surface area contributed by atoms with Gasteiger partial charge in [0.25, 0.3) is 0 Å². The number of carbonyl (C=O) groups is 1. The highest BCUT2D eigenvalue weighted by molar-refractivity contribution is 6.35. The van der Waals surface area contributed by atoms with Crippen LogP contribution in [0.1, 0.15) is 25.0 Å². The molecule has 0 saturated carbocycles. The molecule has 1 saturated heterocycles. The fourth-order valence-corrected chi connectivity index (χ4v) is 4.04. The van der Waals surface area contributed by atoms with Crippen LogP contribution >= 0.6 is 11.6 Å². The van der Waals surface area contributed by atoms with E-state index < -0.39 is 0 Å². The molecule has 1 aromatic heterocycles. The van der Waals surface area contributed by atoms with Crippen molar-refractivity contribution in [1.29, 1.82) is 0 Å². The lowest BCUT2D eigenvalue weighted by atomic mass is 10.1. The summed E-state index contributed by atoms with van der Waals surface area (Å²) < 4.78 is 17.8. The fourth-order valence-electron chi connectivity index (χ4n) is 3.78. The van der Waals surface area contributed by atoms with Crippen molar-refractivity contribution in [3.8, 4) is 0 Å². The average Bonchev–Trinajstić information content (AvgIpc) is 3.19. The van der Waals surface area contributed by atoms with E-state index in [-0.39, 0.29) is 23.8 Å². The Hall–Kier alpha value is -2.77. The van der Waals surface area contributed by atoms with Crippen LogP contribution in [0.3, 0.4) is 0 Å². The van der Waals surface area contributed by atoms with E-state index >= 15 is 0 Å². The molecule has 0 spiro atoms. The Labute approximate surface area is 178 Å². The topological polar surface area (TPSA) is 62.5 Å². The van der Waals surface area contributed by atoms with E-state index in [2.05, 4.69) is 22.1 Å². The molecular formula is C22H22ClFN4O2. The van der Waals surface area contributed by atoms with Crippen LogP contribution in [0.5, 0.6) is 0 Å². The normalized spacial score (nSPS) is 20.3. The highest BCUT2D eigenvalue weighted by Crippen LogP contribution is 2.24. The zero-order valence-corrected chi connectivity index (χ0v) is 17.5. The van der Waals surface area contributed by atoms with Crippen molar-refractivity contribution in [2.75, 3.05) is 13.1 Å². The molecule has 2 aromatic carbocycles. The lowest BCUT2D eigenvalue weighted by Gasteiger charge is -2.44. The molecule has 1 aliphatic heterocycles. The zero-order chi connectivity index (χ0) is 21.3. The van der Waals surface area contributed by atoms with E-state index in [9.17, 15) is 9.18 Å². The Bertz CT molecular complexity index is 1080. The van der Waals surface area contributed by atoms with E-state index in [0.717, 1.165) is 24.2 Å². The molecule has 8 heteroatoms. The van der Waals surface area contributed by atoms with Crippen molar-refractivity contribution in [3.63, 3.8) is 0 Å². The number of nitrogens with zero attached hydrogens (tertiary/aromatic N) is 4. The second-order valence-corrected chi connectivity index (χ2v) is 8.12. The molecule has 6 nitrogen and oxygen atoms in total. The van der Waals surface area contributed by atoms with Gasteiger partial charge in [-0.1, -0.05) is 23.7 Å². The predicted molar refractivity (Wildman–Crippen MR) is 113 cm³/mol. The van der Waals surface area contributed by atoms with Crippen LogP contribution in [0.4, 0.5) is 4.39 Å². The number of piperazine rings is 1. The summed E-state index contributed by atoms with van der Waals surface area (Å²) in [6, 6.07) is 10.3. The monoisotopic (exact) mass is 428 g/mol.